The quantitative estimate of drug-likeness (QED) is 0.201. The van der Waals surface area contributed by atoms with Gasteiger partial charge in [0.2, 0.25) is 11.7 Å². The number of methoxy groups -OCH3 is 2. The van der Waals surface area contributed by atoms with Gasteiger partial charge in [0.05, 0.1) is 14.2 Å². The van der Waals surface area contributed by atoms with E-state index in [0.717, 1.165) is 24.0 Å². The Labute approximate surface area is 209 Å². The van der Waals surface area contributed by atoms with E-state index >= 15 is 0 Å². The Hall–Kier alpha value is -3.09. The van der Waals surface area contributed by atoms with Crippen LogP contribution in [0.15, 0.2) is 30.3 Å². The van der Waals surface area contributed by atoms with Gasteiger partial charge in [-0.2, -0.15) is 0 Å². The number of phenols is 3. The highest BCUT2D eigenvalue weighted by Gasteiger charge is 2.18. The Morgan fingerprint density at radius 1 is 0.800 bits per heavy atom. The first-order valence-corrected chi connectivity index (χ1v) is 12.6. The number of carbonyl (C=O) groups excluding carboxylic acids is 1. The lowest BCUT2D eigenvalue weighted by atomic mass is 10.1. The van der Waals surface area contributed by atoms with Crippen LogP contribution in [0.3, 0.4) is 0 Å². The molecule has 0 saturated heterocycles. The summed E-state index contributed by atoms with van der Waals surface area (Å²) in [6, 6.07) is 8.08. The monoisotopic (exact) mass is 487 g/mol. The molecule has 0 unspecified atom stereocenters. The number of hydrogen-bond acceptors (Lipinski definition) is 6. The number of carbonyl (C=O) groups is 1. The van der Waals surface area contributed by atoms with E-state index < -0.39 is 0 Å². The number of unbranched alkanes of at least 4 members (excludes halogenated alkanes) is 7. The maximum Gasteiger partial charge on any atom is 0.223 e. The average Bonchev–Trinajstić information content (AvgIpc) is 2.86. The van der Waals surface area contributed by atoms with Crippen LogP contribution in [-0.4, -0.2) is 46.9 Å². The molecule has 35 heavy (non-hydrogen) atoms. The molecule has 0 aliphatic heterocycles. The van der Waals surface area contributed by atoms with Gasteiger partial charge in [0, 0.05) is 19.5 Å². The summed E-state index contributed by atoms with van der Waals surface area (Å²) in [5.41, 5.74) is 1.60. The topological polar surface area (TPSA) is 99.5 Å². The fourth-order valence-corrected chi connectivity index (χ4v) is 4.12. The zero-order chi connectivity index (χ0) is 25.6. The highest BCUT2D eigenvalue weighted by molar-refractivity contribution is 5.76. The van der Waals surface area contributed by atoms with Crippen LogP contribution in [0, 0.1) is 0 Å². The van der Waals surface area contributed by atoms with Crippen molar-refractivity contribution in [2.45, 2.75) is 77.7 Å². The van der Waals surface area contributed by atoms with Gasteiger partial charge >= 0.3 is 0 Å². The number of rotatable bonds is 16. The first-order chi connectivity index (χ1) is 16.9. The van der Waals surface area contributed by atoms with Gasteiger partial charge in [-0.15, -0.1) is 0 Å². The van der Waals surface area contributed by atoms with Crippen LogP contribution in [0.5, 0.6) is 28.7 Å². The van der Waals surface area contributed by atoms with E-state index in [4.69, 9.17) is 9.47 Å². The third-order valence-electron chi connectivity index (χ3n) is 6.21. The normalized spacial score (nSPS) is 10.8. The fraction of sp³-hybridized carbons (Fsp3) is 0.536. The molecule has 0 aliphatic rings. The molecule has 2 rings (SSSR count). The summed E-state index contributed by atoms with van der Waals surface area (Å²) in [7, 11) is 2.96. The van der Waals surface area contributed by atoms with Crippen molar-refractivity contribution in [3.8, 4) is 28.7 Å². The maximum absolute atomic E-state index is 13.2. The molecule has 7 heteroatoms. The predicted molar refractivity (Wildman–Crippen MR) is 137 cm³/mol. The molecular weight excluding hydrogens is 446 g/mol. The van der Waals surface area contributed by atoms with Gasteiger partial charge in [-0.1, -0.05) is 57.9 Å². The molecule has 0 bridgehead atoms. The molecule has 194 valence electrons. The van der Waals surface area contributed by atoms with E-state index in [2.05, 4.69) is 6.92 Å². The Kier molecular flexibility index (Phi) is 12.1. The number of ether oxygens (including phenoxy) is 2. The number of nitrogens with zero attached hydrogens (tertiary/aromatic N) is 1. The first-order valence-electron chi connectivity index (χ1n) is 12.6. The standard InChI is InChI=1S/C28H41NO6/c1-4-5-6-7-8-9-10-11-16-29(20-22-18-25(34-2)28(33)26(19-22)35-3)27(32)15-13-21-12-14-23(30)24(31)17-21/h12,14,17-19,30-31,33H,4-11,13,15-16,20H2,1-3H3. The SMILES string of the molecule is CCCCCCCCCCN(Cc1cc(OC)c(O)c(OC)c1)C(=O)CCc1ccc(O)c(O)c1. The van der Waals surface area contributed by atoms with Crippen LogP contribution in [0.1, 0.15) is 75.8 Å². The highest BCUT2D eigenvalue weighted by atomic mass is 16.5. The van der Waals surface area contributed by atoms with Crippen molar-refractivity contribution in [2.75, 3.05) is 20.8 Å². The summed E-state index contributed by atoms with van der Waals surface area (Å²) in [6.45, 7) is 3.23. The van der Waals surface area contributed by atoms with Crippen molar-refractivity contribution in [2.24, 2.45) is 0 Å². The number of aryl methyl sites for hydroxylation is 1. The minimum absolute atomic E-state index is 0.00604. The van der Waals surface area contributed by atoms with Crippen LogP contribution in [-0.2, 0) is 17.8 Å². The Balaban J connectivity index is 2.03. The average molecular weight is 488 g/mol. The van der Waals surface area contributed by atoms with Crippen LogP contribution < -0.4 is 9.47 Å². The zero-order valence-corrected chi connectivity index (χ0v) is 21.4. The van der Waals surface area contributed by atoms with Gasteiger partial charge in [0.15, 0.2) is 23.0 Å². The summed E-state index contributed by atoms with van der Waals surface area (Å²) >= 11 is 0. The Morgan fingerprint density at radius 3 is 1.97 bits per heavy atom. The fourth-order valence-electron chi connectivity index (χ4n) is 4.12. The van der Waals surface area contributed by atoms with Crippen molar-refractivity contribution in [1.29, 1.82) is 0 Å². The minimum Gasteiger partial charge on any atom is -0.504 e. The molecule has 0 radical (unpaired) electrons. The van der Waals surface area contributed by atoms with E-state index in [1.165, 1.54) is 64.9 Å². The van der Waals surface area contributed by atoms with Crippen molar-refractivity contribution in [1.82, 2.24) is 4.90 Å². The second kappa shape index (κ2) is 15.0. The molecule has 0 aromatic heterocycles. The second-order valence-electron chi connectivity index (χ2n) is 8.96. The van der Waals surface area contributed by atoms with Crippen molar-refractivity contribution < 1.29 is 29.6 Å². The molecule has 3 N–H and O–H groups in total. The largest absolute Gasteiger partial charge is 0.504 e. The van der Waals surface area contributed by atoms with Crippen molar-refractivity contribution in [3.05, 3.63) is 41.5 Å². The van der Waals surface area contributed by atoms with Gasteiger partial charge in [0.25, 0.3) is 0 Å². The molecule has 0 heterocycles. The maximum atomic E-state index is 13.2. The number of amides is 1. The molecule has 2 aromatic carbocycles. The van der Waals surface area contributed by atoms with Crippen molar-refractivity contribution >= 4 is 5.91 Å². The third-order valence-corrected chi connectivity index (χ3v) is 6.21. The number of hydrogen-bond donors (Lipinski definition) is 3. The van der Waals surface area contributed by atoms with Crippen LogP contribution >= 0.6 is 0 Å². The lowest BCUT2D eigenvalue weighted by Crippen LogP contribution is -2.31. The Bertz CT molecular complexity index is 905. The molecule has 1 amide bonds. The first kappa shape index (κ1) is 28.1. The summed E-state index contributed by atoms with van der Waals surface area (Å²) in [5.74, 6) is 0.191. The molecule has 2 aromatic rings. The molecule has 7 nitrogen and oxygen atoms in total. The van der Waals surface area contributed by atoms with E-state index in [1.807, 2.05) is 4.90 Å². The molecule has 0 atom stereocenters. The highest BCUT2D eigenvalue weighted by Crippen LogP contribution is 2.37. The number of phenolic OH excluding ortho intramolecular Hbond substituents is 3. The molecule has 0 spiro atoms. The van der Waals surface area contributed by atoms with Crippen LogP contribution in [0.25, 0.3) is 0 Å². The van der Waals surface area contributed by atoms with Gasteiger partial charge in [-0.25, -0.2) is 0 Å². The minimum atomic E-state index is -0.186. The summed E-state index contributed by atoms with van der Waals surface area (Å²) in [6.07, 6.45) is 10.2. The van der Waals surface area contributed by atoms with E-state index in [-0.39, 0.29) is 29.6 Å². The second-order valence-corrected chi connectivity index (χ2v) is 8.96. The van der Waals surface area contributed by atoms with Gasteiger partial charge in [0.1, 0.15) is 0 Å². The van der Waals surface area contributed by atoms with E-state index in [1.54, 1.807) is 18.2 Å². The van der Waals surface area contributed by atoms with Gasteiger partial charge in [-0.3, -0.25) is 4.79 Å². The molecule has 0 aliphatic carbocycles. The summed E-state index contributed by atoms with van der Waals surface area (Å²) < 4.78 is 10.5. The zero-order valence-electron chi connectivity index (χ0n) is 21.4. The predicted octanol–water partition coefficient (Wildman–Crippen LogP) is 5.92. The van der Waals surface area contributed by atoms with E-state index in [9.17, 15) is 20.1 Å². The number of benzene rings is 2. The van der Waals surface area contributed by atoms with Gasteiger partial charge < -0.3 is 29.7 Å². The summed E-state index contributed by atoms with van der Waals surface area (Å²) in [5, 5.41) is 29.5. The van der Waals surface area contributed by atoms with Crippen LogP contribution in [0.2, 0.25) is 0 Å². The van der Waals surface area contributed by atoms with Crippen LogP contribution in [0.4, 0.5) is 0 Å². The van der Waals surface area contributed by atoms with Gasteiger partial charge in [-0.05, 0) is 48.2 Å². The molecule has 0 fully saturated rings. The van der Waals surface area contributed by atoms with Crippen molar-refractivity contribution in [3.63, 3.8) is 0 Å². The third kappa shape index (κ3) is 9.23. The summed E-state index contributed by atoms with van der Waals surface area (Å²) in [4.78, 5) is 15.0. The number of aromatic hydroxyl groups is 3. The lowest BCUT2D eigenvalue weighted by Gasteiger charge is -2.24. The molecule has 0 saturated carbocycles. The Morgan fingerprint density at radius 2 is 1.40 bits per heavy atom. The van der Waals surface area contributed by atoms with E-state index in [0.29, 0.717) is 31.0 Å². The molecular formula is C28H41NO6. The lowest BCUT2D eigenvalue weighted by molar-refractivity contribution is -0.131. The smallest absolute Gasteiger partial charge is 0.223 e.